The highest BCUT2D eigenvalue weighted by Gasteiger charge is 2.34. The number of rotatable bonds is 6. The highest BCUT2D eigenvalue weighted by atomic mass is 16.2. The molecule has 0 bridgehead atoms. The van der Waals surface area contributed by atoms with E-state index in [1.54, 1.807) is 4.68 Å². The first-order valence-electron chi connectivity index (χ1n) is 10.9. The second kappa shape index (κ2) is 9.65. The molecule has 0 radical (unpaired) electrons. The van der Waals surface area contributed by atoms with Crippen LogP contribution in [0.3, 0.4) is 0 Å². The zero-order valence-electron chi connectivity index (χ0n) is 18.2. The van der Waals surface area contributed by atoms with Gasteiger partial charge in [0.2, 0.25) is 5.91 Å². The van der Waals surface area contributed by atoms with Gasteiger partial charge in [-0.2, -0.15) is 5.10 Å². The summed E-state index contributed by atoms with van der Waals surface area (Å²) < 4.78 is 1.62. The van der Waals surface area contributed by atoms with Gasteiger partial charge in [0, 0.05) is 24.2 Å². The van der Waals surface area contributed by atoms with Crippen molar-refractivity contribution < 1.29 is 9.59 Å². The number of benzene rings is 2. The Balaban J connectivity index is 1.56. The zero-order valence-corrected chi connectivity index (χ0v) is 18.2. The number of aromatic nitrogens is 2. The average Bonchev–Trinajstić information content (AvgIpc) is 3.22. The Hall–Kier alpha value is -3.65. The maximum Gasteiger partial charge on any atom is 0.320 e. The second-order valence-electron chi connectivity index (χ2n) is 7.90. The van der Waals surface area contributed by atoms with Gasteiger partial charge in [-0.15, -0.1) is 0 Å². The third-order valence-corrected chi connectivity index (χ3v) is 5.67. The van der Waals surface area contributed by atoms with Gasteiger partial charge in [0.1, 0.15) is 5.82 Å². The van der Waals surface area contributed by atoms with Crippen LogP contribution in [0.25, 0.3) is 11.3 Å². The van der Waals surface area contributed by atoms with Crippen molar-refractivity contribution in [1.29, 1.82) is 0 Å². The van der Waals surface area contributed by atoms with Crippen molar-refractivity contribution in [3.63, 3.8) is 0 Å². The Bertz CT molecular complexity index is 1070. The molecule has 32 heavy (non-hydrogen) atoms. The Labute approximate surface area is 187 Å². The van der Waals surface area contributed by atoms with E-state index in [4.69, 9.17) is 5.10 Å². The van der Waals surface area contributed by atoms with Crippen molar-refractivity contribution in [2.75, 3.05) is 5.32 Å². The molecule has 1 aliphatic rings. The molecule has 1 aliphatic heterocycles. The Morgan fingerprint density at radius 3 is 2.44 bits per heavy atom. The molecule has 0 saturated carbocycles. The van der Waals surface area contributed by atoms with Crippen molar-refractivity contribution in [1.82, 2.24) is 25.7 Å². The van der Waals surface area contributed by atoms with Gasteiger partial charge in [-0.05, 0) is 18.9 Å². The number of carbonyl (C=O) groups is 2. The lowest BCUT2D eigenvalue weighted by Crippen LogP contribution is -2.57. The van der Waals surface area contributed by atoms with Gasteiger partial charge in [-0.3, -0.25) is 15.4 Å². The molecule has 4 N–H and O–H groups in total. The van der Waals surface area contributed by atoms with Crippen molar-refractivity contribution in [2.24, 2.45) is 5.92 Å². The normalized spacial score (nSPS) is 20.4. The van der Waals surface area contributed by atoms with Crippen LogP contribution in [0.4, 0.5) is 10.6 Å². The molecule has 166 valence electrons. The summed E-state index contributed by atoms with van der Waals surface area (Å²) in [5.74, 6) is 0.343. The van der Waals surface area contributed by atoms with Gasteiger partial charge in [-0.1, -0.05) is 67.6 Å². The number of nitrogens with zero attached hydrogens (tertiary/aromatic N) is 2. The molecule has 1 saturated heterocycles. The molecule has 3 amide bonds. The summed E-state index contributed by atoms with van der Waals surface area (Å²) in [5, 5.41) is 16.8. The van der Waals surface area contributed by atoms with Gasteiger partial charge in [-0.25, -0.2) is 9.48 Å². The molecule has 3 unspecified atom stereocenters. The maximum atomic E-state index is 12.6. The third-order valence-electron chi connectivity index (χ3n) is 5.67. The van der Waals surface area contributed by atoms with Crippen molar-refractivity contribution in [3.05, 3.63) is 72.3 Å². The predicted molar refractivity (Wildman–Crippen MR) is 124 cm³/mol. The fraction of sp³-hybridized carbons (Fsp3) is 0.292. The summed E-state index contributed by atoms with van der Waals surface area (Å²) in [6, 6.07) is 20.8. The second-order valence-corrected chi connectivity index (χ2v) is 7.90. The molecule has 0 aliphatic carbocycles. The van der Waals surface area contributed by atoms with Crippen LogP contribution in [-0.4, -0.2) is 27.8 Å². The lowest BCUT2D eigenvalue weighted by Gasteiger charge is -2.35. The van der Waals surface area contributed by atoms with Crippen LogP contribution < -0.4 is 21.3 Å². The summed E-state index contributed by atoms with van der Waals surface area (Å²) in [6.45, 7) is 4.38. The first-order valence-corrected chi connectivity index (χ1v) is 10.9. The quantitative estimate of drug-likeness (QED) is 0.479. The fourth-order valence-corrected chi connectivity index (χ4v) is 3.92. The van der Waals surface area contributed by atoms with E-state index in [-0.39, 0.29) is 23.9 Å². The molecule has 1 aromatic heterocycles. The van der Waals surface area contributed by atoms with E-state index in [0.29, 0.717) is 18.1 Å². The van der Waals surface area contributed by atoms with Crippen LogP contribution in [0, 0.1) is 5.92 Å². The molecule has 4 rings (SSSR count). The summed E-state index contributed by atoms with van der Waals surface area (Å²) in [4.78, 5) is 25.2. The number of hydrogen-bond donors (Lipinski definition) is 4. The topological polar surface area (TPSA) is 100 Å². The summed E-state index contributed by atoms with van der Waals surface area (Å²) in [5.41, 5.74) is 2.62. The number of urea groups is 1. The van der Waals surface area contributed by atoms with Gasteiger partial charge >= 0.3 is 6.03 Å². The van der Waals surface area contributed by atoms with Gasteiger partial charge < -0.3 is 10.6 Å². The molecule has 3 atom stereocenters. The van der Waals surface area contributed by atoms with E-state index in [9.17, 15) is 9.59 Å². The standard InChI is InChI=1S/C24H28N6O2/c1-3-19-16(2)26-23(28-22(19)31)30-21(14-20(29-30)18-12-8-5-9-13-18)27-24(32)25-15-17-10-6-4-7-11-17/h4-14,16,19,23,26H,3,15H2,1-2H3,(H,28,31)(H2,25,27,32). The third kappa shape index (κ3) is 4.81. The lowest BCUT2D eigenvalue weighted by molar-refractivity contribution is -0.130. The molecular weight excluding hydrogens is 404 g/mol. The first-order chi connectivity index (χ1) is 15.5. The van der Waals surface area contributed by atoms with Crippen molar-refractivity contribution in [3.8, 4) is 11.3 Å². The van der Waals surface area contributed by atoms with Crippen LogP contribution in [0.5, 0.6) is 0 Å². The summed E-state index contributed by atoms with van der Waals surface area (Å²) >= 11 is 0. The van der Waals surface area contributed by atoms with Crippen molar-refractivity contribution in [2.45, 2.75) is 39.1 Å². The highest BCUT2D eigenvalue weighted by molar-refractivity contribution is 5.89. The number of nitrogens with one attached hydrogen (secondary N) is 4. The summed E-state index contributed by atoms with van der Waals surface area (Å²) in [6.07, 6.45) is 0.177. The molecule has 1 fully saturated rings. The molecule has 3 aromatic rings. The van der Waals surface area contributed by atoms with Gasteiger partial charge in [0.15, 0.2) is 6.29 Å². The predicted octanol–water partition coefficient (Wildman–Crippen LogP) is 3.46. The van der Waals surface area contributed by atoms with Crippen molar-refractivity contribution >= 4 is 17.8 Å². The molecule has 8 nitrogen and oxygen atoms in total. The lowest BCUT2D eigenvalue weighted by atomic mass is 9.95. The molecule has 8 heteroatoms. The Kier molecular flexibility index (Phi) is 6.51. The Morgan fingerprint density at radius 2 is 1.78 bits per heavy atom. The van der Waals surface area contributed by atoms with Crippen LogP contribution >= 0.6 is 0 Å². The van der Waals surface area contributed by atoms with E-state index in [1.165, 1.54) is 0 Å². The molecule has 2 heterocycles. The summed E-state index contributed by atoms with van der Waals surface area (Å²) in [7, 11) is 0. The fourth-order valence-electron chi connectivity index (χ4n) is 3.92. The van der Waals surface area contributed by atoms with Gasteiger partial charge in [0.05, 0.1) is 11.6 Å². The number of hydrogen-bond acceptors (Lipinski definition) is 4. The monoisotopic (exact) mass is 432 g/mol. The van der Waals surface area contributed by atoms with Crippen LogP contribution in [0.15, 0.2) is 66.7 Å². The minimum absolute atomic E-state index is 0.0251. The number of anilines is 1. The number of carbonyl (C=O) groups excluding carboxylic acids is 2. The average molecular weight is 433 g/mol. The molecule has 2 aromatic carbocycles. The first kappa shape index (κ1) is 21.6. The molecular formula is C24H28N6O2. The maximum absolute atomic E-state index is 12.6. The number of amides is 3. The van der Waals surface area contributed by atoms with E-state index in [0.717, 1.165) is 17.5 Å². The van der Waals surface area contributed by atoms with Crippen LogP contribution in [-0.2, 0) is 11.3 Å². The van der Waals surface area contributed by atoms with E-state index >= 15 is 0 Å². The van der Waals surface area contributed by atoms with Gasteiger partial charge in [0.25, 0.3) is 0 Å². The minimum atomic E-state index is -0.567. The van der Waals surface area contributed by atoms with Crippen LogP contribution in [0.1, 0.15) is 32.1 Å². The Morgan fingerprint density at radius 1 is 1.09 bits per heavy atom. The van der Waals surface area contributed by atoms with E-state index in [1.807, 2.05) is 80.6 Å². The van der Waals surface area contributed by atoms with E-state index in [2.05, 4.69) is 21.3 Å². The van der Waals surface area contributed by atoms with E-state index < -0.39 is 6.29 Å². The zero-order chi connectivity index (χ0) is 22.5. The largest absolute Gasteiger partial charge is 0.334 e. The molecule has 0 spiro atoms. The van der Waals surface area contributed by atoms with Crippen LogP contribution in [0.2, 0.25) is 0 Å². The minimum Gasteiger partial charge on any atom is -0.334 e. The highest BCUT2D eigenvalue weighted by Crippen LogP contribution is 2.26. The SMILES string of the molecule is CCC1C(=O)NC(n2nc(-c3ccccc3)cc2NC(=O)NCc2ccccc2)NC1C. The smallest absolute Gasteiger partial charge is 0.320 e.